The molecule has 0 aromatic heterocycles. The molecule has 0 fully saturated rings. The van der Waals surface area contributed by atoms with Gasteiger partial charge in [-0.05, 0) is 36.4 Å². The SMILES string of the molecule is O=C(O[N+](=O)[O-])c1ccccc1OC(=O)N(c1ccccc1)c1ccccc1. The molecule has 0 bridgehead atoms. The average molecular weight is 378 g/mol. The van der Waals surface area contributed by atoms with E-state index in [1.165, 1.54) is 29.2 Å². The second kappa shape index (κ2) is 8.45. The molecule has 8 heteroatoms. The summed E-state index contributed by atoms with van der Waals surface area (Å²) < 4.78 is 5.38. The van der Waals surface area contributed by atoms with Gasteiger partial charge in [0.1, 0.15) is 5.75 Å². The van der Waals surface area contributed by atoms with E-state index < -0.39 is 17.1 Å². The van der Waals surface area contributed by atoms with Gasteiger partial charge in [0, 0.05) is 0 Å². The van der Waals surface area contributed by atoms with Crippen LogP contribution in [-0.4, -0.2) is 17.1 Å². The summed E-state index contributed by atoms with van der Waals surface area (Å²) in [6.45, 7) is 0. The second-order valence-corrected chi connectivity index (χ2v) is 5.47. The van der Waals surface area contributed by atoms with E-state index in [9.17, 15) is 19.7 Å². The molecule has 0 saturated heterocycles. The lowest BCUT2D eigenvalue weighted by molar-refractivity contribution is -0.727. The average Bonchev–Trinajstić information content (AvgIpc) is 2.69. The Morgan fingerprint density at radius 1 is 0.786 bits per heavy atom. The Balaban J connectivity index is 1.94. The molecule has 8 nitrogen and oxygen atoms in total. The van der Waals surface area contributed by atoms with E-state index >= 15 is 0 Å². The molecule has 0 aliphatic carbocycles. The van der Waals surface area contributed by atoms with Crippen molar-refractivity contribution < 1.29 is 24.3 Å². The van der Waals surface area contributed by atoms with Crippen LogP contribution in [0.2, 0.25) is 0 Å². The molecule has 0 unspecified atom stereocenters. The predicted octanol–water partition coefficient (Wildman–Crippen LogP) is 4.37. The third kappa shape index (κ3) is 4.31. The van der Waals surface area contributed by atoms with Gasteiger partial charge in [-0.15, -0.1) is 10.1 Å². The molecule has 0 aliphatic heterocycles. The molecule has 140 valence electrons. The molecule has 3 rings (SSSR count). The van der Waals surface area contributed by atoms with Crippen molar-refractivity contribution in [3.05, 3.63) is 101 Å². The molecule has 1 amide bonds. The number of anilines is 2. The second-order valence-electron chi connectivity index (χ2n) is 5.47. The highest BCUT2D eigenvalue weighted by Crippen LogP contribution is 2.28. The lowest BCUT2D eigenvalue weighted by Crippen LogP contribution is -2.29. The first-order valence-corrected chi connectivity index (χ1v) is 8.14. The van der Waals surface area contributed by atoms with Crippen LogP contribution >= 0.6 is 0 Å². The highest BCUT2D eigenvalue weighted by atomic mass is 17.0. The minimum absolute atomic E-state index is 0.156. The van der Waals surface area contributed by atoms with Crippen LogP contribution in [0.25, 0.3) is 0 Å². The minimum atomic E-state index is -1.24. The van der Waals surface area contributed by atoms with Crippen LogP contribution in [0.1, 0.15) is 10.4 Å². The largest absolute Gasteiger partial charge is 0.424 e. The number of hydrogen-bond donors (Lipinski definition) is 0. The first-order chi connectivity index (χ1) is 13.6. The van der Waals surface area contributed by atoms with Crippen molar-refractivity contribution in [2.45, 2.75) is 0 Å². The van der Waals surface area contributed by atoms with Gasteiger partial charge in [0.25, 0.3) is 0 Å². The number of carbonyl (C=O) groups is 2. The van der Waals surface area contributed by atoms with Crippen LogP contribution in [0.3, 0.4) is 0 Å². The van der Waals surface area contributed by atoms with Gasteiger partial charge < -0.3 is 4.74 Å². The first kappa shape index (κ1) is 18.6. The lowest BCUT2D eigenvalue weighted by atomic mass is 10.2. The highest BCUT2D eigenvalue weighted by Gasteiger charge is 2.23. The maximum atomic E-state index is 12.9. The number of benzene rings is 3. The van der Waals surface area contributed by atoms with Gasteiger partial charge in [-0.2, -0.15) is 0 Å². The standard InChI is InChI=1S/C20H14N2O6/c23-19(28-22(25)26)17-13-7-8-14-18(17)27-20(24)21(15-9-3-1-4-10-15)16-11-5-2-6-12-16/h1-14H. The molecule has 0 saturated carbocycles. The Morgan fingerprint density at radius 2 is 1.29 bits per heavy atom. The molecular weight excluding hydrogens is 364 g/mol. The number of carbonyl (C=O) groups excluding carboxylic acids is 2. The predicted molar refractivity (Wildman–Crippen MR) is 99.9 cm³/mol. The smallest absolute Gasteiger partial charge is 0.409 e. The molecule has 0 atom stereocenters. The Kier molecular flexibility index (Phi) is 5.61. The summed E-state index contributed by atoms with van der Waals surface area (Å²) in [6, 6.07) is 23.2. The van der Waals surface area contributed by atoms with Crippen molar-refractivity contribution in [3.8, 4) is 5.75 Å². The highest BCUT2D eigenvalue weighted by molar-refractivity contribution is 5.99. The third-order valence-corrected chi connectivity index (χ3v) is 3.67. The number of hydrogen-bond acceptors (Lipinski definition) is 6. The van der Waals surface area contributed by atoms with E-state index in [0.717, 1.165) is 0 Å². The summed E-state index contributed by atoms with van der Waals surface area (Å²) in [4.78, 5) is 40.5. The van der Waals surface area contributed by atoms with E-state index in [4.69, 9.17) is 4.74 Å². The summed E-state index contributed by atoms with van der Waals surface area (Å²) in [6.07, 6.45) is -0.793. The monoisotopic (exact) mass is 378 g/mol. The summed E-state index contributed by atoms with van der Waals surface area (Å²) in [7, 11) is 0. The molecule has 0 radical (unpaired) electrons. The van der Waals surface area contributed by atoms with E-state index in [1.54, 1.807) is 60.7 Å². The Labute approximate surface area is 159 Å². The number of amides is 1. The van der Waals surface area contributed by atoms with Gasteiger partial charge in [-0.25, -0.2) is 14.5 Å². The normalized spacial score (nSPS) is 10.0. The number of para-hydroxylation sites is 3. The molecule has 3 aromatic rings. The quantitative estimate of drug-likeness (QED) is 0.483. The molecular formula is C20H14N2O6. The van der Waals surface area contributed by atoms with E-state index in [0.29, 0.717) is 11.4 Å². The fraction of sp³-hybridized carbons (Fsp3) is 0. The summed E-state index contributed by atoms with van der Waals surface area (Å²) in [5.74, 6) is -1.39. The minimum Gasteiger partial charge on any atom is -0.409 e. The van der Waals surface area contributed by atoms with Crippen LogP contribution in [-0.2, 0) is 4.84 Å². The van der Waals surface area contributed by atoms with Crippen molar-refractivity contribution in [3.63, 3.8) is 0 Å². The van der Waals surface area contributed by atoms with Gasteiger partial charge in [-0.1, -0.05) is 48.5 Å². The molecule has 0 N–H and O–H groups in total. The van der Waals surface area contributed by atoms with E-state index in [1.807, 2.05) is 0 Å². The maximum Gasteiger partial charge on any atom is 0.424 e. The summed E-state index contributed by atoms with van der Waals surface area (Å²) in [5.41, 5.74) is 0.849. The number of ether oxygens (including phenoxy) is 1. The van der Waals surface area contributed by atoms with Crippen molar-refractivity contribution in [1.82, 2.24) is 0 Å². The van der Waals surface area contributed by atoms with Crippen LogP contribution in [0.4, 0.5) is 16.2 Å². The summed E-state index contributed by atoms with van der Waals surface area (Å²) >= 11 is 0. The third-order valence-electron chi connectivity index (χ3n) is 3.67. The number of rotatable bonds is 5. The molecule has 0 aliphatic rings. The number of nitrogens with zero attached hydrogens (tertiary/aromatic N) is 2. The van der Waals surface area contributed by atoms with Crippen LogP contribution in [0, 0.1) is 10.1 Å². The fourth-order valence-electron chi connectivity index (χ4n) is 2.49. The van der Waals surface area contributed by atoms with E-state index in [-0.39, 0.29) is 11.3 Å². The Morgan fingerprint density at radius 3 is 1.82 bits per heavy atom. The Hall–Kier alpha value is -4.20. The molecule has 28 heavy (non-hydrogen) atoms. The zero-order valence-electron chi connectivity index (χ0n) is 14.4. The van der Waals surface area contributed by atoms with Gasteiger partial charge in [0.2, 0.25) is 0 Å². The van der Waals surface area contributed by atoms with E-state index in [2.05, 4.69) is 4.84 Å². The topological polar surface area (TPSA) is 99.0 Å². The van der Waals surface area contributed by atoms with Gasteiger partial charge in [0.05, 0.1) is 16.9 Å². The lowest BCUT2D eigenvalue weighted by Gasteiger charge is -2.22. The Bertz CT molecular complexity index is 952. The van der Waals surface area contributed by atoms with Gasteiger partial charge in [0.15, 0.2) is 0 Å². The van der Waals surface area contributed by atoms with Crippen molar-refractivity contribution in [2.24, 2.45) is 0 Å². The maximum absolute atomic E-state index is 12.9. The first-order valence-electron chi connectivity index (χ1n) is 8.14. The van der Waals surface area contributed by atoms with Crippen LogP contribution in [0.5, 0.6) is 5.75 Å². The molecule has 3 aromatic carbocycles. The van der Waals surface area contributed by atoms with Crippen molar-refractivity contribution >= 4 is 23.4 Å². The van der Waals surface area contributed by atoms with Crippen molar-refractivity contribution in [2.75, 3.05) is 4.90 Å². The van der Waals surface area contributed by atoms with Crippen LogP contribution in [0.15, 0.2) is 84.9 Å². The van der Waals surface area contributed by atoms with Crippen molar-refractivity contribution in [1.29, 1.82) is 0 Å². The van der Waals surface area contributed by atoms with Gasteiger partial charge in [-0.3, -0.25) is 4.79 Å². The molecule has 0 heterocycles. The fourth-order valence-corrected chi connectivity index (χ4v) is 2.49. The van der Waals surface area contributed by atoms with Gasteiger partial charge >= 0.3 is 17.1 Å². The summed E-state index contributed by atoms with van der Waals surface area (Å²) in [5, 5.41) is 9.22. The zero-order chi connectivity index (χ0) is 19.9. The zero-order valence-corrected chi connectivity index (χ0v) is 14.4. The molecule has 0 spiro atoms. The van der Waals surface area contributed by atoms with Crippen LogP contribution < -0.4 is 9.64 Å².